The normalized spacial score (nSPS) is 11.0. The summed E-state index contributed by atoms with van der Waals surface area (Å²) in [4.78, 5) is 30.4. The molecule has 0 aliphatic carbocycles. The Balaban J connectivity index is 1.03. The maximum atomic E-state index is 9.83. The summed E-state index contributed by atoms with van der Waals surface area (Å²) in [6.45, 7) is 0. The smallest absolute Gasteiger partial charge is 0.164 e. The van der Waals surface area contributed by atoms with Crippen LogP contribution in [-0.2, 0) is 0 Å². The molecule has 7 nitrogen and oxygen atoms in total. The molecule has 2 aromatic heterocycles. The molecule has 0 saturated heterocycles. The Morgan fingerprint density at radius 3 is 1.18 bits per heavy atom. The quantitative estimate of drug-likeness (QED) is 0.143. The summed E-state index contributed by atoms with van der Waals surface area (Å²) in [6, 6.07) is 77.8. The largest absolute Gasteiger partial charge is 0.208 e. The number of nitrogens with zero attached hydrogens (tertiary/aromatic N) is 7. The third kappa shape index (κ3) is 7.87. The van der Waals surface area contributed by atoms with Crippen molar-refractivity contribution in [1.29, 1.82) is 5.26 Å². The fourth-order valence-corrected chi connectivity index (χ4v) is 8.34. The molecule has 0 spiro atoms. The highest BCUT2D eigenvalue weighted by molar-refractivity contribution is 6.00. The molecule has 0 atom stereocenters. The van der Waals surface area contributed by atoms with Crippen LogP contribution < -0.4 is 0 Å². The Morgan fingerprint density at radius 2 is 0.636 bits per heavy atom. The van der Waals surface area contributed by atoms with E-state index in [9.17, 15) is 5.26 Å². The van der Waals surface area contributed by atoms with Crippen LogP contribution in [0.5, 0.6) is 0 Å². The summed E-state index contributed by atoms with van der Waals surface area (Å²) in [5, 5.41) is 11.8. The van der Waals surface area contributed by atoms with Crippen LogP contribution in [0.1, 0.15) is 5.56 Å². The van der Waals surface area contributed by atoms with Gasteiger partial charge < -0.3 is 0 Å². The number of fused-ring (bicyclic) bond motifs is 1. The van der Waals surface area contributed by atoms with Gasteiger partial charge in [0.15, 0.2) is 34.9 Å². The van der Waals surface area contributed by atoms with Gasteiger partial charge in [-0.1, -0.05) is 200 Å². The van der Waals surface area contributed by atoms with Crippen molar-refractivity contribution in [2.24, 2.45) is 0 Å². The van der Waals surface area contributed by atoms with Gasteiger partial charge in [-0.3, -0.25) is 0 Å². The zero-order valence-electron chi connectivity index (χ0n) is 35.5. The Morgan fingerprint density at radius 1 is 0.242 bits per heavy atom. The third-order valence-corrected chi connectivity index (χ3v) is 11.7. The second-order valence-electron chi connectivity index (χ2n) is 15.8. The van der Waals surface area contributed by atoms with E-state index in [0.29, 0.717) is 40.5 Å². The van der Waals surface area contributed by atoms with Gasteiger partial charge in [0, 0.05) is 38.8 Å². The summed E-state index contributed by atoms with van der Waals surface area (Å²) >= 11 is 0. The second kappa shape index (κ2) is 17.5. The van der Waals surface area contributed by atoms with Gasteiger partial charge in [0.25, 0.3) is 0 Å². The molecule has 9 aromatic carbocycles. The van der Waals surface area contributed by atoms with Gasteiger partial charge in [-0.25, -0.2) is 29.9 Å². The Kier molecular flexibility index (Phi) is 10.5. The zero-order valence-corrected chi connectivity index (χ0v) is 35.5. The number of benzene rings is 9. The van der Waals surface area contributed by atoms with E-state index in [0.717, 1.165) is 77.5 Å². The molecule has 11 rings (SSSR count). The highest BCUT2D eigenvalue weighted by Crippen LogP contribution is 2.38. The summed E-state index contributed by atoms with van der Waals surface area (Å²) in [6.07, 6.45) is 0. The van der Waals surface area contributed by atoms with Gasteiger partial charge in [-0.2, -0.15) is 5.26 Å². The molecular formula is C59H37N7. The van der Waals surface area contributed by atoms with E-state index in [1.54, 1.807) is 0 Å². The topological polar surface area (TPSA) is 101 Å². The van der Waals surface area contributed by atoms with Crippen molar-refractivity contribution in [2.45, 2.75) is 0 Å². The first-order chi connectivity index (χ1) is 32.6. The minimum Gasteiger partial charge on any atom is -0.208 e. The van der Waals surface area contributed by atoms with Crippen molar-refractivity contribution < 1.29 is 0 Å². The van der Waals surface area contributed by atoms with Crippen LogP contribution in [0.4, 0.5) is 0 Å². The molecule has 0 bridgehead atoms. The van der Waals surface area contributed by atoms with Gasteiger partial charge in [-0.05, 0) is 63.0 Å². The fraction of sp³-hybridized carbons (Fsp3) is 0. The van der Waals surface area contributed by atoms with Crippen molar-refractivity contribution in [3.8, 4) is 108 Å². The first-order valence-corrected chi connectivity index (χ1v) is 21.7. The lowest BCUT2D eigenvalue weighted by molar-refractivity contribution is 1.07. The maximum absolute atomic E-state index is 9.83. The average molecular weight is 844 g/mol. The van der Waals surface area contributed by atoms with Crippen molar-refractivity contribution in [3.05, 3.63) is 230 Å². The zero-order chi connectivity index (χ0) is 44.2. The van der Waals surface area contributed by atoms with E-state index in [1.165, 1.54) is 0 Å². The molecule has 0 unspecified atom stereocenters. The lowest BCUT2D eigenvalue weighted by Gasteiger charge is -2.15. The van der Waals surface area contributed by atoms with Crippen LogP contribution in [0.15, 0.2) is 224 Å². The molecule has 0 fully saturated rings. The minimum absolute atomic E-state index is 0.551. The number of rotatable bonds is 9. The van der Waals surface area contributed by atoms with Crippen molar-refractivity contribution in [2.75, 3.05) is 0 Å². The number of aromatic nitrogens is 6. The van der Waals surface area contributed by atoms with Crippen LogP contribution in [0, 0.1) is 11.3 Å². The van der Waals surface area contributed by atoms with E-state index < -0.39 is 0 Å². The Bertz CT molecular complexity index is 3520. The molecule has 2 heterocycles. The molecule has 0 saturated carbocycles. The van der Waals surface area contributed by atoms with Crippen molar-refractivity contribution >= 4 is 10.8 Å². The first-order valence-electron chi connectivity index (χ1n) is 21.7. The van der Waals surface area contributed by atoms with Crippen molar-refractivity contribution in [1.82, 2.24) is 29.9 Å². The SMILES string of the molecule is N#Cc1ccc(-c2cccc(-c3nc(-c4ccccc4)nc(-c4ccc(-c5cc(-c6ccccc6)ccc5-c5nc(-c6ccccc6)nc(-c6ccccc6)n5)cc4)n3)c2)c2ccccc12. The van der Waals surface area contributed by atoms with E-state index in [2.05, 4.69) is 91.0 Å². The molecular weight excluding hydrogens is 807 g/mol. The monoisotopic (exact) mass is 843 g/mol. The highest BCUT2D eigenvalue weighted by Gasteiger charge is 2.19. The van der Waals surface area contributed by atoms with Gasteiger partial charge in [0.1, 0.15) is 0 Å². The standard InChI is InChI=1S/C59H37N7/c60-38-48-33-34-50(51-27-14-13-26-49(48)51)46-24-15-25-47(36-46)58-63-54(41-18-7-2-8-19-41)61-57(64-58)44-30-28-40(29-31-44)53-37-45(39-16-5-1-6-17-39)32-35-52(53)59-65-55(42-20-9-3-10-21-42)62-56(66-59)43-22-11-4-12-23-43/h1-37H. The van der Waals surface area contributed by atoms with E-state index in [1.807, 2.05) is 140 Å². The number of hydrogen-bond donors (Lipinski definition) is 0. The molecule has 308 valence electrons. The lowest BCUT2D eigenvalue weighted by atomic mass is 9.93. The number of nitriles is 1. The summed E-state index contributed by atoms with van der Waals surface area (Å²) < 4.78 is 0. The van der Waals surface area contributed by atoms with E-state index in [-0.39, 0.29) is 0 Å². The van der Waals surface area contributed by atoms with Crippen LogP contribution in [0.2, 0.25) is 0 Å². The van der Waals surface area contributed by atoms with Crippen LogP contribution in [-0.4, -0.2) is 29.9 Å². The summed E-state index contributed by atoms with van der Waals surface area (Å²) in [7, 11) is 0. The van der Waals surface area contributed by atoms with Gasteiger partial charge >= 0.3 is 0 Å². The maximum Gasteiger partial charge on any atom is 0.164 e. The van der Waals surface area contributed by atoms with E-state index in [4.69, 9.17) is 29.9 Å². The molecule has 0 radical (unpaired) electrons. The first kappa shape index (κ1) is 39.6. The van der Waals surface area contributed by atoms with Crippen molar-refractivity contribution in [3.63, 3.8) is 0 Å². The molecule has 11 aromatic rings. The molecule has 0 amide bonds. The molecule has 0 N–H and O–H groups in total. The summed E-state index contributed by atoms with van der Waals surface area (Å²) in [5.74, 6) is 3.46. The Hall–Kier alpha value is -9.25. The molecule has 66 heavy (non-hydrogen) atoms. The Labute approximate surface area is 382 Å². The highest BCUT2D eigenvalue weighted by atomic mass is 15.0. The van der Waals surface area contributed by atoms with Crippen LogP contribution in [0.3, 0.4) is 0 Å². The lowest BCUT2D eigenvalue weighted by Crippen LogP contribution is -2.01. The molecule has 0 aliphatic rings. The fourth-order valence-electron chi connectivity index (χ4n) is 8.34. The predicted molar refractivity (Wildman–Crippen MR) is 264 cm³/mol. The second-order valence-corrected chi connectivity index (χ2v) is 15.8. The van der Waals surface area contributed by atoms with Gasteiger partial charge in [0.05, 0.1) is 11.6 Å². The van der Waals surface area contributed by atoms with Crippen LogP contribution >= 0.6 is 0 Å². The minimum atomic E-state index is 0.551. The van der Waals surface area contributed by atoms with Gasteiger partial charge in [-0.15, -0.1) is 0 Å². The predicted octanol–water partition coefficient (Wildman–Crippen LogP) is 14.1. The summed E-state index contributed by atoms with van der Waals surface area (Å²) in [5.41, 5.74) is 12.1. The molecule has 0 aliphatic heterocycles. The molecule has 7 heteroatoms. The van der Waals surface area contributed by atoms with E-state index >= 15 is 0 Å². The third-order valence-electron chi connectivity index (χ3n) is 11.7. The van der Waals surface area contributed by atoms with Crippen LogP contribution in [0.25, 0.3) is 112 Å². The van der Waals surface area contributed by atoms with Gasteiger partial charge in [0.2, 0.25) is 0 Å². The average Bonchev–Trinajstić information content (AvgIpc) is 3.41. The number of hydrogen-bond acceptors (Lipinski definition) is 7.